The summed E-state index contributed by atoms with van der Waals surface area (Å²) in [7, 11) is 0. The minimum absolute atomic E-state index is 0.0331. The molecule has 10 heteroatoms. The van der Waals surface area contributed by atoms with Crippen LogP contribution in [-0.2, 0) is 35.3 Å². The topological polar surface area (TPSA) is 95.3 Å². The Morgan fingerprint density at radius 3 is 2.44 bits per heavy atom. The monoisotopic (exact) mass is 592 g/mol. The van der Waals surface area contributed by atoms with E-state index in [1.165, 1.54) is 18.2 Å². The predicted molar refractivity (Wildman–Crippen MR) is 156 cm³/mol. The molecule has 2 aromatic carbocycles. The molecule has 1 unspecified atom stereocenters. The number of amides is 1. The number of aromatic nitrogens is 1. The molecule has 2 heterocycles. The van der Waals surface area contributed by atoms with Gasteiger partial charge in [-0.15, -0.1) is 0 Å². The molecule has 0 bridgehead atoms. The van der Waals surface area contributed by atoms with Gasteiger partial charge in [0.15, 0.2) is 11.6 Å². The van der Waals surface area contributed by atoms with Crippen LogP contribution in [0.25, 0.3) is 0 Å². The Balaban J connectivity index is 1.66. The Morgan fingerprint density at radius 1 is 1.07 bits per heavy atom. The van der Waals surface area contributed by atoms with E-state index in [0.717, 1.165) is 17.7 Å². The van der Waals surface area contributed by atoms with Crippen molar-refractivity contribution in [2.45, 2.75) is 53.0 Å². The lowest BCUT2D eigenvalue weighted by molar-refractivity contribution is -0.124. The van der Waals surface area contributed by atoms with Crippen molar-refractivity contribution in [3.8, 4) is 6.07 Å². The summed E-state index contributed by atoms with van der Waals surface area (Å²) in [5.41, 5.74) is 3.25. The van der Waals surface area contributed by atoms with Crippen LogP contribution in [0.3, 0.4) is 0 Å². The maximum absolute atomic E-state index is 13.6. The van der Waals surface area contributed by atoms with Gasteiger partial charge in [0.25, 0.3) is 0 Å². The van der Waals surface area contributed by atoms with Gasteiger partial charge >= 0.3 is 5.97 Å². The number of halogens is 3. The number of hydrogen-bond acceptors (Lipinski definition) is 6. The fourth-order valence-corrected chi connectivity index (χ4v) is 5.31. The Bertz CT molecular complexity index is 1520. The van der Waals surface area contributed by atoms with Crippen LogP contribution in [0.4, 0.5) is 18.9 Å². The van der Waals surface area contributed by atoms with Crippen LogP contribution in [0, 0.1) is 40.6 Å². The molecule has 0 saturated carbocycles. The van der Waals surface area contributed by atoms with E-state index in [1.54, 1.807) is 19.1 Å². The van der Waals surface area contributed by atoms with Gasteiger partial charge in [0.1, 0.15) is 17.4 Å². The van der Waals surface area contributed by atoms with E-state index in [4.69, 9.17) is 9.72 Å². The van der Waals surface area contributed by atoms with Gasteiger partial charge < -0.3 is 15.0 Å². The van der Waals surface area contributed by atoms with Crippen LogP contribution in [0.1, 0.15) is 65.6 Å². The fourth-order valence-electron chi connectivity index (χ4n) is 5.31. The van der Waals surface area contributed by atoms with E-state index >= 15 is 0 Å². The number of hydrogen-bond donors (Lipinski definition) is 1. The summed E-state index contributed by atoms with van der Waals surface area (Å²) in [5.74, 6) is -3.44. The smallest absolute Gasteiger partial charge is 0.342 e. The summed E-state index contributed by atoms with van der Waals surface area (Å²) >= 11 is 0. The van der Waals surface area contributed by atoms with Gasteiger partial charge in [-0.3, -0.25) is 9.78 Å². The van der Waals surface area contributed by atoms with Gasteiger partial charge in [-0.05, 0) is 73.9 Å². The minimum atomic E-state index is -0.987. The molecule has 1 N–H and O–H groups in total. The Kier molecular flexibility index (Phi) is 10.4. The zero-order valence-corrected chi connectivity index (χ0v) is 24.6. The van der Waals surface area contributed by atoms with Crippen LogP contribution in [0.2, 0.25) is 0 Å². The molecule has 0 spiro atoms. The third-order valence-corrected chi connectivity index (χ3v) is 7.40. The number of benzene rings is 2. The Hall–Kier alpha value is -4.39. The summed E-state index contributed by atoms with van der Waals surface area (Å²) in [6, 6.07) is 11.9. The van der Waals surface area contributed by atoms with Gasteiger partial charge in [0, 0.05) is 19.6 Å². The molecule has 1 fully saturated rings. The Morgan fingerprint density at radius 2 is 1.79 bits per heavy atom. The highest BCUT2D eigenvalue weighted by Gasteiger charge is 2.35. The van der Waals surface area contributed by atoms with Crippen molar-refractivity contribution in [2.75, 3.05) is 24.6 Å². The first-order chi connectivity index (χ1) is 20.6. The second kappa shape index (κ2) is 14.2. The number of nitrogens with zero attached hydrogens (tertiary/aromatic N) is 3. The third kappa shape index (κ3) is 7.72. The molecular weight excluding hydrogens is 557 g/mol. The first-order valence-corrected chi connectivity index (χ1v) is 14.4. The number of nitriles is 1. The molecule has 1 amide bonds. The van der Waals surface area contributed by atoms with Crippen LogP contribution >= 0.6 is 0 Å². The summed E-state index contributed by atoms with van der Waals surface area (Å²) in [6.07, 6.45) is 1.81. The number of rotatable bonds is 11. The molecule has 43 heavy (non-hydrogen) atoms. The van der Waals surface area contributed by atoms with Crippen molar-refractivity contribution >= 4 is 17.6 Å². The molecule has 226 valence electrons. The maximum Gasteiger partial charge on any atom is 0.342 e. The van der Waals surface area contributed by atoms with E-state index in [0.29, 0.717) is 54.9 Å². The first kappa shape index (κ1) is 31.5. The van der Waals surface area contributed by atoms with E-state index < -0.39 is 23.5 Å². The van der Waals surface area contributed by atoms with E-state index in [-0.39, 0.29) is 48.5 Å². The number of nitrogens with one attached hydrogen (secondary N) is 1. The lowest BCUT2D eigenvalue weighted by Gasteiger charge is -2.26. The molecule has 1 atom stereocenters. The van der Waals surface area contributed by atoms with Gasteiger partial charge in [-0.2, -0.15) is 5.26 Å². The van der Waals surface area contributed by atoms with Gasteiger partial charge in [0.05, 0.1) is 35.2 Å². The first-order valence-electron chi connectivity index (χ1n) is 14.4. The number of esters is 1. The van der Waals surface area contributed by atoms with Gasteiger partial charge in [-0.1, -0.05) is 32.0 Å². The average Bonchev–Trinajstić information content (AvgIpc) is 3.47. The third-order valence-electron chi connectivity index (χ3n) is 7.40. The standard InChI is InChI=1S/C33H35F3N4O3/c1-4-43-33(42)30-28(12-8-21-5-9-24(34)10-6-21)39-29(15-20(2)3)25(17-37)31(30)40-14-13-23(19-40)32(41)38-18-22-7-11-26(35)27(36)16-22/h5-7,9-11,16,20,23H,4,8,12-15,18-19H2,1-3H3,(H,38,41). The molecule has 1 saturated heterocycles. The van der Waals surface area contributed by atoms with Gasteiger partial charge in [-0.25, -0.2) is 18.0 Å². The summed E-state index contributed by atoms with van der Waals surface area (Å²) in [5, 5.41) is 13.1. The highest BCUT2D eigenvalue weighted by atomic mass is 19.2. The summed E-state index contributed by atoms with van der Waals surface area (Å²) in [6.45, 7) is 6.54. The predicted octanol–water partition coefficient (Wildman–Crippen LogP) is 5.67. The number of pyridine rings is 1. The zero-order chi connectivity index (χ0) is 31.1. The molecule has 3 aromatic rings. The molecule has 1 aliphatic rings. The zero-order valence-electron chi connectivity index (χ0n) is 24.6. The molecule has 1 aromatic heterocycles. The molecule has 4 rings (SSSR count). The Labute approximate surface area is 249 Å². The summed E-state index contributed by atoms with van der Waals surface area (Å²) < 4.78 is 45.8. The van der Waals surface area contributed by atoms with Crippen LogP contribution < -0.4 is 10.2 Å². The number of anilines is 1. The highest BCUT2D eigenvalue weighted by Crippen LogP contribution is 2.35. The van der Waals surface area contributed by atoms with E-state index in [2.05, 4.69) is 11.4 Å². The molecule has 0 radical (unpaired) electrons. The highest BCUT2D eigenvalue weighted by molar-refractivity contribution is 5.99. The minimum Gasteiger partial charge on any atom is -0.462 e. The van der Waals surface area contributed by atoms with Crippen molar-refractivity contribution in [3.05, 3.63) is 93.6 Å². The van der Waals surface area contributed by atoms with Crippen molar-refractivity contribution in [3.63, 3.8) is 0 Å². The largest absolute Gasteiger partial charge is 0.462 e. The SMILES string of the molecule is CCOC(=O)c1c(CCc2ccc(F)cc2)nc(CC(C)C)c(C#N)c1N1CCC(C(=O)NCc2ccc(F)c(F)c2)C1. The van der Waals surface area contributed by atoms with Crippen LogP contribution in [-0.4, -0.2) is 36.6 Å². The van der Waals surface area contributed by atoms with Crippen LogP contribution in [0.5, 0.6) is 0 Å². The molecule has 0 aliphatic carbocycles. The quantitative estimate of drug-likeness (QED) is 0.288. The lowest BCUT2D eigenvalue weighted by atomic mass is 9.95. The van der Waals surface area contributed by atoms with E-state index in [1.807, 2.05) is 18.7 Å². The molecular formula is C33H35F3N4O3. The fraction of sp³-hybridized carbons (Fsp3) is 0.394. The lowest BCUT2D eigenvalue weighted by Crippen LogP contribution is -2.33. The number of carbonyl (C=O) groups excluding carboxylic acids is 2. The average molecular weight is 593 g/mol. The van der Waals surface area contributed by atoms with Crippen molar-refractivity contribution in [1.29, 1.82) is 5.26 Å². The maximum atomic E-state index is 13.6. The number of carbonyl (C=O) groups is 2. The number of aryl methyl sites for hydroxylation is 2. The summed E-state index contributed by atoms with van der Waals surface area (Å²) in [4.78, 5) is 33.2. The van der Waals surface area contributed by atoms with Crippen LogP contribution in [0.15, 0.2) is 42.5 Å². The van der Waals surface area contributed by atoms with Gasteiger partial charge in [0.2, 0.25) is 5.91 Å². The normalized spacial score (nSPS) is 14.6. The van der Waals surface area contributed by atoms with Crippen molar-refractivity contribution in [2.24, 2.45) is 11.8 Å². The van der Waals surface area contributed by atoms with E-state index in [9.17, 15) is 28.0 Å². The number of ether oxygens (including phenoxy) is 1. The molecule has 1 aliphatic heterocycles. The van der Waals surface area contributed by atoms with Crippen molar-refractivity contribution < 1.29 is 27.5 Å². The molecule has 7 nitrogen and oxygen atoms in total. The second-order valence-electron chi connectivity index (χ2n) is 11.1. The van der Waals surface area contributed by atoms with Crippen molar-refractivity contribution in [1.82, 2.24) is 10.3 Å². The second-order valence-corrected chi connectivity index (χ2v) is 11.1.